The molecule has 1 saturated heterocycles. The van der Waals surface area contributed by atoms with Crippen molar-refractivity contribution in [3.63, 3.8) is 0 Å². The Bertz CT molecular complexity index is 728. The monoisotopic (exact) mass is 349 g/mol. The number of nitrogens with zero attached hydrogens (tertiary/aromatic N) is 2. The lowest BCUT2D eigenvalue weighted by molar-refractivity contribution is -0.125. The fraction of sp³-hybridized carbons (Fsp3) is 0.400. The van der Waals surface area contributed by atoms with Crippen LogP contribution in [0.5, 0.6) is 0 Å². The standard InChI is InChI=1S/C15H19N5O3S/c1-9-6-13(21)18-15(16-9)20-12(17-14(22)8-23-2)7-10(19-20)11-4-3-5-24-11/h3-5,7,9,15-16H,6,8H2,1-2H3,(H,17,22)(H,18,21). The minimum atomic E-state index is -0.521. The largest absolute Gasteiger partial charge is 0.375 e. The molecule has 0 saturated carbocycles. The normalized spacial score (nSPS) is 20.7. The first kappa shape index (κ1) is 16.6. The average Bonchev–Trinajstić information content (AvgIpc) is 3.15. The van der Waals surface area contributed by atoms with E-state index in [4.69, 9.17) is 4.74 Å². The van der Waals surface area contributed by atoms with Crippen LogP contribution in [0.1, 0.15) is 19.6 Å². The zero-order chi connectivity index (χ0) is 17.1. The molecule has 2 atom stereocenters. The molecule has 0 aromatic carbocycles. The topological polar surface area (TPSA) is 97.3 Å². The third-order valence-corrected chi connectivity index (χ3v) is 4.42. The molecule has 0 radical (unpaired) electrons. The van der Waals surface area contributed by atoms with Crippen LogP contribution < -0.4 is 16.0 Å². The molecule has 0 aliphatic carbocycles. The number of nitrogens with one attached hydrogen (secondary N) is 3. The predicted octanol–water partition coefficient (Wildman–Crippen LogP) is 1.15. The van der Waals surface area contributed by atoms with E-state index in [-0.39, 0.29) is 24.5 Å². The SMILES string of the molecule is COCC(=O)Nc1cc(-c2cccs2)nn1C1NC(=O)CC(C)N1. The van der Waals surface area contributed by atoms with Gasteiger partial charge in [0.25, 0.3) is 5.91 Å². The maximum absolute atomic E-state index is 11.9. The number of rotatable bonds is 5. The maximum Gasteiger partial charge on any atom is 0.251 e. The van der Waals surface area contributed by atoms with Crippen LogP contribution in [-0.2, 0) is 14.3 Å². The molecular formula is C15H19N5O3S. The molecule has 9 heteroatoms. The van der Waals surface area contributed by atoms with Crippen molar-refractivity contribution in [3.8, 4) is 10.6 Å². The van der Waals surface area contributed by atoms with E-state index in [0.29, 0.717) is 12.2 Å². The summed E-state index contributed by atoms with van der Waals surface area (Å²) < 4.78 is 6.43. The van der Waals surface area contributed by atoms with Crippen molar-refractivity contribution in [2.45, 2.75) is 25.7 Å². The molecule has 1 aliphatic heterocycles. The van der Waals surface area contributed by atoms with Gasteiger partial charge in [0.2, 0.25) is 5.91 Å². The number of carbonyl (C=O) groups is 2. The van der Waals surface area contributed by atoms with Gasteiger partial charge in [-0.3, -0.25) is 14.9 Å². The van der Waals surface area contributed by atoms with Gasteiger partial charge in [0.1, 0.15) is 18.1 Å². The molecule has 3 rings (SSSR count). The summed E-state index contributed by atoms with van der Waals surface area (Å²) in [6, 6.07) is 5.69. The molecule has 1 aliphatic rings. The van der Waals surface area contributed by atoms with Crippen LogP contribution in [0.2, 0.25) is 0 Å². The Morgan fingerprint density at radius 1 is 1.58 bits per heavy atom. The van der Waals surface area contributed by atoms with Crippen LogP contribution in [0.3, 0.4) is 0 Å². The van der Waals surface area contributed by atoms with Crippen molar-refractivity contribution in [1.29, 1.82) is 0 Å². The lowest BCUT2D eigenvalue weighted by Gasteiger charge is -2.30. The zero-order valence-electron chi connectivity index (χ0n) is 13.4. The summed E-state index contributed by atoms with van der Waals surface area (Å²) in [5, 5.41) is 15.4. The first-order chi connectivity index (χ1) is 11.6. The van der Waals surface area contributed by atoms with E-state index in [9.17, 15) is 9.59 Å². The van der Waals surface area contributed by atoms with Gasteiger partial charge >= 0.3 is 0 Å². The summed E-state index contributed by atoms with van der Waals surface area (Å²) in [5.74, 6) is 0.146. The molecule has 8 nitrogen and oxygen atoms in total. The summed E-state index contributed by atoms with van der Waals surface area (Å²) in [4.78, 5) is 24.7. The van der Waals surface area contributed by atoms with Crippen LogP contribution in [0.4, 0.5) is 5.82 Å². The number of carbonyl (C=O) groups excluding carboxylic acids is 2. The minimum absolute atomic E-state index is 0.0145. The number of thiophene rings is 1. The maximum atomic E-state index is 11.9. The van der Waals surface area contributed by atoms with Gasteiger partial charge in [-0.05, 0) is 18.4 Å². The third-order valence-electron chi connectivity index (χ3n) is 3.53. The first-order valence-electron chi connectivity index (χ1n) is 7.54. The molecule has 2 amide bonds. The first-order valence-corrected chi connectivity index (χ1v) is 8.42. The Morgan fingerprint density at radius 2 is 2.42 bits per heavy atom. The van der Waals surface area contributed by atoms with Gasteiger partial charge in [0.05, 0.1) is 4.88 Å². The molecular weight excluding hydrogens is 330 g/mol. The molecule has 24 heavy (non-hydrogen) atoms. The van der Waals surface area contributed by atoms with Gasteiger partial charge in [0, 0.05) is 25.6 Å². The molecule has 2 aromatic heterocycles. The third kappa shape index (κ3) is 3.64. The van der Waals surface area contributed by atoms with Crippen molar-refractivity contribution in [2.75, 3.05) is 19.0 Å². The van der Waals surface area contributed by atoms with Crippen molar-refractivity contribution in [1.82, 2.24) is 20.4 Å². The lowest BCUT2D eigenvalue weighted by atomic mass is 10.2. The van der Waals surface area contributed by atoms with E-state index in [1.807, 2.05) is 24.4 Å². The molecule has 2 aromatic rings. The smallest absolute Gasteiger partial charge is 0.251 e. The van der Waals surface area contributed by atoms with E-state index in [1.165, 1.54) is 7.11 Å². The molecule has 0 spiro atoms. The summed E-state index contributed by atoms with van der Waals surface area (Å²) >= 11 is 1.55. The van der Waals surface area contributed by atoms with E-state index >= 15 is 0 Å². The van der Waals surface area contributed by atoms with Crippen LogP contribution in [0.15, 0.2) is 23.6 Å². The number of anilines is 1. The van der Waals surface area contributed by atoms with E-state index in [2.05, 4.69) is 21.0 Å². The van der Waals surface area contributed by atoms with Gasteiger partial charge in [-0.2, -0.15) is 5.10 Å². The Balaban J connectivity index is 1.92. The second-order valence-electron chi connectivity index (χ2n) is 5.56. The second kappa shape index (κ2) is 7.12. The summed E-state index contributed by atoms with van der Waals surface area (Å²) in [6.45, 7) is 1.87. The van der Waals surface area contributed by atoms with E-state index in [1.54, 1.807) is 22.1 Å². The van der Waals surface area contributed by atoms with Gasteiger partial charge in [-0.25, -0.2) is 4.68 Å². The minimum Gasteiger partial charge on any atom is -0.375 e. The highest BCUT2D eigenvalue weighted by Crippen LogP contribution is 2.27. The summed E-state index contributed by atoms with van der Waals surface area (Å²) in [6.07, 6.45) is -0.117. The Morgan fingerprint density at radius 3 is 3.08 bits per heavy atom. The number of aromatic nitrogens is 2. The molecule has 1 fully saturated rings. The fourth-order valence-corrected chi connectivity index (χ4v) is 3.21. The Hall–Kier alpha value is -2.23. The Labute approximate surface area is 143 Å². The highest BCUT2D eigenvalue weighted by Gasteiger charge is 2.27. The quantitative estimate of drug-likeness (QED) is 0.752. The second-order valence-corrected chi connectivity index (χ2v) is 6.51. The summed E-state index contributed by atoms with van der Waals surface area (Å²) in [5.41, 5.74) is 0.729. The number of methoxy groups -OCH3 is 1. The van der Waals surface area contributed by atoms with Crippen molar-refractivity contribution in [2.24, 2.45) is 0 Å². The fourth-order valence-electron chi connectivity index (χ4n) is 2.53. The molecule has 3 N–H and O–H groups in total. The van der Waals surface area contributed by atoms with Crippen LogP contribution in [0.25, 0.3) is 10.6 Å². The highest BCUT2D eigenvalue weighted by atomic mass is 32.1. The number of hydrogen-bond acceptors (Lipinski definition) is 6. The Kier molecular flexibility index (Phi) is 4.93. The van der Waals surface area contributed by atoms with Gasteiger partial charge in [0.15, 0.2) is 6.29 Å². The molecule has 3 heterocycles. The number of hydrogen-bond donors (Lipinski definition) is 3. The van der Waals surface area contributed by atoms with Gasteiger partial charge in [-0.1, -0.05) is 6.07 Å². The van der Waals surface area contributed by atoms with E-state index in [0.717, 1.165) is 10.6 Å². The molecule has 0 bridgehead atoms. The van der Waals surface area contributed by atoms with Gasteiger partial charge < -0.3 is 15.4 Å². The summed E-state index contributed by atoms with van der Waals surface area (Å²) in [7, 11) is 1.46. The predicted molar refractivity (Wildman–Crippen MR) is 90.4 cm³/mol. The molecule has 128 valence electrons. The zero-order valence-corrected chi connectivity index (χ0v) is 14.2. The van der Waals surface area contributed by atoms with Crippen molar-refractivity contribution in [3.05, 3.63) is 23.6 Å². The average molecular weight is 349 g/mol. The van der Waals surface area contributed by atoms with E-state index < -0.39 is 6.29 Å². The highest BCUT2D eigenvalue weighted by molar-refractivity contribution is 7.13. The van der Waals surface area contributed by atoms with Crippen LogP contribution in [0, 0.1) is 0 Å². The van der Waals surface area contributed by atoms with Crippen LogP contribution in [-0.4, -0.2) is 41.4 Å². The van der Waals surface area contributed by atoms with Crippen molar-refractivity contribution >= 4 is 29.0 Å². The lowest BCUT2D eigenvalue weighted by Crippen LogP contribution is -2.52. The van der Waals surface area contributed by atoms with Crippen molar-refractivity contribution < 1.29 is 14.3 Å². The van der Waals surface area contributed by atoms with Crippen LogP contribution >= 0.6 is 11.3 Å². The van der Waals surface area contributed by atoms with Gasteiger partial charge in [-0.15, -0.1) is 11.3 Å². The number of ether oxygens (including phenoxy) is 1. The molecule has 2 unspecified atom stereocenters. The number of amides is 2.